The summed E-state index contributed by atoms with van der Waals surface area (Å²) in [5.74, 6) is 0.205. The fraction of sp³-hybridized carbons (Fsp3) is 0.138. The fourth-order valence-electron chi connectivity index (χ4n) is 3.98. The molecule has 0 spiro atoms. The van der Waals surface area contributed by atoms with Crippen molar-refractivity contribution in [3.05, 3.63) is 102 Å². The van der Waals surface area contributed by atoms with Gasteiger partial charge in [-0.25, -0.2) is 18.1 Å². The van der Waals surface area contributed by atoms with Crippen molar-refractivity contribution in [2.45, 2.75) is 30.7 Å². The van der Waals surface area contributed by atoms with Gasteiger partial charge in [-0.1, -0.05) is 65.9 Å². The molecule has 4 N–H and O–H groups in total. The van der Waals surface area contributed by atoms with E-state index in [9.17, 15) is 13.2 Å². The predicted octanol–water partition coefficient (Wildman–Crippen LogP) is 5.16. The van der Waals surface area contributed by atoms with Crippen molar-refractivity contribution in [2.24, 2.45) is 10.8 Å². The van der Waals surface area contributed by atoms with E-state index in [-0.39, 0.29) is 4.90 Å². The summed E-state index contributed by atoms with van der Waals surface area (Å²) in [5, 5.41) is 5.03. The van der Waals surface area contributed by atoms with Crippen LogP contribution in [0.15, 0.2) is 105 Å². The lowest BCUT2D eigenvalue weighted by Crippen LogP contribution is -2.43. The van der Waals surface area contributed by atoms with Crippen molar-refractivity contribution < 1.29 is 17.6 Å². The normalized spacial score (nSPS) is 12.8. The number of anilines is 1. The first kappa shape index (κ1) is 27.3. The van der Waals surface area contributed by atoms with Gasteiger partial charge in [0.25, 0.3) is 15.9 Å². The molecule has 0 aliphatic heterocycles. The van der Waals surface area contributed by atoms with Gasteiger partial charge < -0.3 is 10.2 Å². The maximum absolute atomic E-state index is 13.0. The third kappa shape index (κ3) is 6.45. The first-order valence-electron chi connectivity index (χ1n) is 12.5. The highest BCUT2D eigenvalue weighted by Crippen LogP contribution is 2.27. The van der Waals surface area contributed by atoms with E-state index in [1.54, 1.807) is 31.2 Å². The molecule has 0 saturated heterocycles. The van der Waals surface area contributed by atoms with Crippen molar-refractivity contribution in [3.8, 4) is 11.3 Å². The molecular weight excluding hydrogens is 546 g/mol. The van der Waals surface area contributed by atoms with Gasteiger partial charge in [-0.05, 0) is 61.7 Å². The number of sulfonamides is 1. The number of hydrogen-bond acceptors (Lipinski definition) is 9. The van der Waals surface area contributed by atoms with E-state index in [2.05, 4.69) is 20.2 Å². The molecular formula is C29H27N5O4S2. The van der Waals surface area contributed by atoms with Gasteiger partial charge in [0.15, 0.2) is 5.76 Å². The Balaban J connectivity index is 1.24. The van der Waals surface area contributed by atoms with Crippen molar-refractivity contribution in [3.63, 3.8) is 0 Å². The number of furan rings is 1. The summed E-state index contributed by atoms with van der Waals surface area (Å²) in [4.78, 5) is 17.0. The van der Waals surface area contributed by atoms with Gasteiger partial charge >= 0.3 is 0 Å². The van der Waals surface area contributed by atoms with E-state index in [1.807, 2.05) is 54.6 Å². The second kappa shape index (κ2) is 11.8. The molecule has 2 aromatic heterocycles. The quantitative estimate of drug-likeness (QED) is 0.155. The Morgan fingerprint density at radius 1 is 1.02 bits per heavy atom. The molecule has 1 atom stereocenters. The van der Waals surface area contributed by atoms with Crippen molar-refractivity contribution in [1.29, 1.82) is 0 Å². The molecule has 3 aromatic carbocycles. The summed E-state index contributed by atoms with van der Waals surface area (Å²) < 4.78 is 35.0. The van der Waals surface area contributed by atoms with Crippen LogP contribution in [-0.4, -0.2) is 31.1 Å². The van der Waals surface area contributed by atoms with Crippen molar-refractivity contribution in [1.82, 2.24) is 9.71 Å². The highest BCUT2D eigenvalue weighted by atomic mass is 32.2. The maximum atomic E-state index is 13.0. The van der Waals surface area contributed by atoms with Gasteiger partial charge in [0, 0.05) is 5.56 Å². The Morgan fingerprint density at radius 2 is 1.80 bits per heavy atom. The molecule has 0 aliphatic rings. The number of amides is 1. The number of nitrogens with zero attached hydrogens (tertiary/aromatic N) is 2. The fourth-order valence-corrected chi connectivity index (χ4v) is 5.86. The van der Waals surface area contributed by atoms with Crippen LogP contribution in [0, 0.1) is 0 Å². The molecule has 204 valence electrons. The number of nitrogens with two attached hydrogens (primary N) is 1. The topological polar surface area (TPSA) is 140 Å². The van der Waals surface area contributed by atoms with Crippen LogP contribution in [0.1, 0.15) is 24.7 Å². The molecule has 1 amide bonds. The average Bonchev–Trinajstić information content (AvgIpc) is 3.63. The van der Waals surface area contributed by atoms with Gasteiger partial charge in [-0.3, -0.25) is 10.2 Å². The van der Waals surface area contributed by atoms with Crippen LogP contribution < -0.4 is 15.9 Å². The SMILES string of the molecule is C/C(=N\Nc1nc2ccccc2s1)c1ccc(-c2cccc(S(=O)(=O)NC(=O)C(N)CCc3ccccc3)c2)o1. The Hall–Kier alpha value is -4.32. The predicted molar refractivity (Wildman–Crippen MR) is 158 cm³/mol. The molecule has 2 heterocycles. The van der Waals surface area contributed by atoms with Gasteiger partial charge in [-0.2, -0.15) is 5.10 Å². The first-order valence-corrected chi connectivity index (χ1v) is 14.8. The number of carbonyl (C=O) groups is 1. The van der Waals surface area contributed by atoms with Crippen LogP contribution in [0.3, 0.4) is 0 Å². The lowest BCUT2D eigenvalue weighted by atomic mass is 10.1. The zero-order chi connectivity index (χ0) is 28.1. The van der Waals surface area contributed by atoms with E-state index >= 15 is 0 Å². The number of benzene rings is 3. The minimum Gasteiger partial charge on any atom is -0.455 e. The van der Waals surface area contributed by atoms with E-state index in [0.29, 0.717) is 40.8 Å². The van der Waals surface area contributed by atoms with Gasteiger partial charge in [0.2, 0.25) is 5.13 Å². The standard InChI is InChI=1S/C29H27N5O4S2/c1-19(32-33-29-31-24-12-5-6-13-27(24)39-29)25-16-17-26(38-25)21-10-7-11-22(18-21)40(36,37)34-28(35)23(30)15-14-20-8-3-2-4-9-20/h2-13,16-18,23H,14-15,30H2,1H3,(H,31,33)(H,34,35)/b32-19+. The molecule has 40 heavy (non-hydrogen) atoms. The molecule has 0 bridgehead atoms. The molecule has 9 nitrogen and oxygen atoms in total. The molecule has 11 heteroatoms. The summed E-state index contributed by atoms with van der Waals surface area (Å²) in [6, 6.07) is 26.1. The lowest BCUT2D eigenvalue weighted by molar-refractivity contribution is -0.120. The number of rotatable bonds is 10. The van der Waals surface area contributed by atoms with E-state index in [0.717, 1.165) is 15.8 Å². The van der Waals surface area contributed by atoms with Crippen molar-refractivity contribution >= 4 is 48.3 Å². The Bertz CT molecular complexity index is 1750. The van der Waals surface area contributed by atoms with Crippen LogP contribution in [0.4, 0.5) is 5.13 Å². The maximum Gasteiger partial charge on any atom is 0.264 e. The van der Waals surface area contributed by atoms with E-state index in [1.165, 1.54) is 23.5 Å². The summed E-state index contributed by atoms with van der Waals surface area (Å²) in [6.45, 7) is 1.79. The van der Waals surface area contributed by atoms with E-state index < -0.39 is 22.0 Å². The summed E-state index contributed by atoms with van der Waals surface area (Å²) in [7, 11) is -4.14. The summed E-state index contributed by atoms with van der Waals surface area (Å²) in [5.41, 5.74) is 12.0. The molecule has 0 aliphatic carbocycles. The smallest absolute Gasteiger partial charge is 0.264 e. The number of para-hydroxylation sites is 1. The monoisotopic (exact) mass is 573 g/mol. The van der Waals surface area contributed by atoms with E-state index in [4.69, 9.17) is 10.2 Å². The minimum absolute atomic E-state index is 0.0746. The molecule has 5 rings (SSSR count). The lowest BCUT2D eigenvalue weighted by Gasteiger charge is -2.13. The molecule has 0 saturated carbocycles. The number of fused-ring (bicyclic) bond motifs is 1. The second-order valence-electron chi connectivity index (χ2n) is 9.09. The Labute approximate surface area is 235 Å². The number of aromatic nitrogens is 1. The van der Waals surface area contributed by atoms with Crippen LogP contribution in [0.5, 0.6) is 0 Å². The third-order valence-electron chi connectivity index (χ3n) is 6.16. The molecule has 1 unspecified atom stereocenters. The minimum atomic E-state index is -4.14. The molecule has 5 aromatic rings. The van der Waals surface area contributed by atoms with Crippen LogP contribution in [0.2, 0.25) is 0 Å². The molecule has 0 radical (unpaired) electrons. The third-order valence-corrected chi connectivity index (χ3v) is 8.45. The van der Waals surface area contributed by atoms with Gasteiger partial charge in [-0.15, -0.1) is 0 Å². The zero-order valence-electron chi connectivity index (χ0n) is 21.6. The van der Waals surface area contributed by atoms with Crippen LogP contribution in [0.25, 0.3) is 21.5 Å². The Kier molecular flexibility index (Phi) is 8.06. The highest BCUT2D eigenvalue weighted by Gasteiger charge is 2.23. The summed E-state index contributed by atoms with van der Waals surface area (Å²) >= 11 is 1.49. The Morgan fingerprint density at radius 3 is 2.60 bits per heavy atom. The molecule has 0 fully saturated rings. The summed E-state index contributed by atoms with van der Waals surface area (Å²) in [6.07, 6.45) is 0.875. The largest absolute Gasteiger partial charge is 0.455 e. The number of carbonyl (C=O) groups excluding carboxylic acids is 1. The number of nitrogens with one attached hydrogen (secondary N) is 2. The highest BCUT2D eigenvalue weighted by molar-refractivity contribution is 7.90. The number of aryl methyl sites for hydroxylation is 1. The number of thiazole rings is 1. The average molecular weight is 574 g/mol. The number of hydrogen-bond donors (Lipinski definition) is 3. The first-order chi connectivity index (χ1) is 19.3. The van der Waals surface area contributed by atoms with Gasteiger partial charge in [0.05, 0.1) is 21.2 Å². The van der Waals surface area contributed by atoms with Crippen LogP contribution >= 0.6 is 11.3 Å². The van der Waals surface area contributed by atoms with Crippen molar-refractivity contribution in [2.75, 3.05) is 5.43 Å². The van der Waals surface area contributed by atoms with Gasteiger partial charge in [0.1, 0.15) is 11.5 Å². The van der Waals surface area contributed by atoms with Crippen LogP contribution in [-0.2, 0) is 21.2 Å². The zero-order valence-corrected chi connectivity index (χ0v) is 23.2. The number of hydrazone groups is 1. The second-order valence-corrected chi connectivity index (χ2v) is 11.8.